The van der Waals surface area contributed by atoms with E-state index in [9.17, 15) is 4.79 Å². The summed E-state index contributed by atoms with van der Waals surface area (Å²) in [6.45, 7) is 5.75. The van der Waals surface area contributed by atoms with E-state index in [1.165, 1.54) is 0 Å². The molecule has 1 aromatic heterocycles. The van der Waals surface area contributed by atoms with Gasteiger partial charge in [-0.25, -0.2) is 4.79 Å². The summed E-state index contributed by atoms with van der Waals surface area (Å²) in [4.78, 5) is 15.1. The van der Waals surface area contributed by atoms with Gasteiger partial charge in [-0.2, -0.15) is 0 Å². The smallest absolute Gasteiger partial charge is 0.326 e. The van der Waals surface area contributed by atoms with Crippen molar-refractivity contribution in [1.82, 2.24) is 4.98 Å². The molecule has 4 nitrogen and oxygen atoms in total. The zero-order chi connectivity index (χ0) is 13.0. The summed E-state index contributed by atoms with van der Waals surface area (Å²) in [7, 11) is 0. The first-order valence-electron chi connectivity index (χ1n) is 5.52. The van der Waals surface area contributed by atoms with Crippen molar-refractivity contribution >= 4 is 23.3 Å². The number of hydrogen-bond donors (Lipinski definition) is 2. The lowest BCUT2D eigenvalue weighted by atomic mass is 10.0. The van der Waals surface area contributed by atoms with Crippen LogP contribution in [0.5, 0.6) is 0 Å². The van der Waals surface area contributed by atoms with Gasteiger partial charge in [-0.3, -0.25) is 4.98 Å². The summed E-state index contributed by atoms with van der Waals surface area (Å²) in [5.74, 6) is -0.574. The van der Waals surface area contributed by atoms with E-state index < -0.39 is 12.0 Å². The second kappa shape index (κ2) is 5.87. The molecule has 1 rings (SSSR count). The van der Waals surface area contributed by atoms with E-state index in [0.717, 1.165) is 0 Å². The molecule has 1 aromatic rings. The van der Waals surface area contributed by atoms with Crippen LogP contribution in [-0.2, 0) is 4.79 Å². The number of rotatable bonds is 5. The van der Waals surface area contributed by atoms with E-state index in [1.807, 2.05) is 13.8 Å². The van der Waals surface area contributed by atoms with Gasteiger partial charge in [-0.15, -0.1) is 0 Å². The molecular formula is C12H17ClN2O2. The van der Waals surface area contributed by atoms with Crippen LogP contribution in [0.2, 0.25) is 5.02 Å². The van der Waals surface area contributed by atoms with Gasteiger partial charge in [-0.05, 0) is 25.3 Å². The van der Waals surface area contributed by atoms with Gasteiger partial charge in [0.1, 0.15) is 6.04 Å². The Kier molecular flexibility index (Phi) is 4.75. The second-order valence-electron chi connectivity index (χ2n) is 4.42. The highest BCUT2D eigenvalue weighted by Gasteiger charge is 2.19. The van der Waals surface area contributed by atoms with Crippen LogP contribution in [0.4, 0.5) is 5.69 Å². The summed E-state index contributed by atoms with van der Waals surface area (Å²) in [6, 6.07) is 1.06. The zero-order valence-corrected chi connectivity index (χ0v) is 11.0. The first-order valence-corrected chi connectivity index (χ1v) is 5.90. The van der Waals surface area contributed by atoms with Crippen molar-refractivity contribution in [2.24, 2.45) is 5.92 Å². The Balaban J connectivity index is 2.86. The molecule has 94 valence electrons. The number of aryl methyl sites for hydroxylation is 1. The Morgan fingerprint density at radius 1 is 1.59 bits per heavy atom. The number of hydrogen-bond acceptors (Lipinski definition) is 3. The second-order valence-corrected chi connectivity index (χ2v) is 4.80. The molecule has 0 aliphatic carbocycles. The van der Waals surface area contributed by atoms with Gasteiger partial charge >= 0.3 is 5.97 Å². The SMILES string of the molecule is Cc1nccc(N[C@@H](CC(C)C)C(=O)O)c1Cl. The molecule has 0 bridgehead atoms. The van der Waals surface area contributed by atoms with Crippen LogP contribution in [0.3, 0.4) is 0 Å². The molecule has 0 saturated carbocycles. The molecule has 5 heteroatoms. The Morgan fingerprint density at radius 3 is 2.76 bits per heavy atom. The molecule has 0 fully saturated rings. The van der Waals surface area contributed by atoms with Gasteiger partial charge in [0.25, 0.3) is 0 Å². The Hall–Kier alpha value is -1.29. The quantitative estimate of drug-likeness (QED) is 0.850. The Labute approximate surface area is 106 Å². The predicted octanol–water partition coefficient (Wildman–Crippen LogP) is 2.95. The number of nitrogens with one attached hydrogen (secondary N) is 1. The third-order valence-electron chi connectivity index (χ3n) is 2.40. The monoisotopic (exact) mass is 256 g/mol. The molecule has 0 aliphatic rings. The lowest BCUT2D eigenvalue weighted by Gasteiger charge is -2.18. The van der Waals surface area contributed by atoms with Gasteiger partial charge in [0.05, 0.1) is 16.4 Å². The number of anilines is 1. The summed E-state index contributed by atoms with van der Waals surface area (Å²) >= 11 is 6.06. The highest BCUT2D eigenvalue weighted by atomic mass is 35.5. The first kappa shape index (κ1) is 13.8. The molecular weight excluding hydrogens is 240 g/mol. The van der Waals surface area contributed by atoms with Crippen molar-refractivity contribution < 1.29 is 9.90 Å². The van der Waals surface area contributed by atoms with E-state index in [2.05, 4.69) is 10.3 Å². The van der Waals surface area contributed by atoms with Crippen molar-refractivity contribution in [3.63, 3.8) is 0 Å². The average Bonchev–Trinajstić information content (AvgIpc) is 2.22. The number of aromatic nitrogens is 1. The van der Waals surface area contributed by atoms with E-state index in [1.54, 1.807) is 19.2 Å². The van der Waals surface area contributed by atoms with E-state index >= 15 is 0 Å². The van der Waals surface area contributed by atoms with E-state index in [-0.39, 0.29) is 0 Å². The summed E-state index contributed by atoms with van der Waals surface area (Å²) in [6.07, 6.45) is 2.16. The van der Waals surface area contributed by atoms with Crippen molar-refractivity contribution in [3.8, 4) is 0 Å². The van der Waals surface area contributed by atoms with Gasteiger partial charge in [-0.1, -0.05) is 25.4 Å². The standard InChI is InChI=1S/C12H17ClN2O2/c1-7(2)6-10(12(16)17)15-9-4-5-14-8(3)11(9)13/h4-5,7,10H,6H2,1-3H3,(H,14,15)(H,16,17)/t10-/m0/s1. The summed E-state index contributed by atoms with van der Waals surface area (Å²) < 4.78 is 0. The summed E-state index contributed by atoms with van der Waals surface area (Å²) in [5.41, 5.74) is 1.30. The minimum absolute atomic E-state index is 0.297. The van der Waals surface area contributed by atoms with Crippen LogP contribution >= 0.6 is 11.6 Å². The van der Waals surface area contributed by atoms with E-state index in [0.29, 0.717) is 28.7 Å². The number of carboxylic acids is 1. The van der Waals surface area contributed by atoms with Crippen LogP contribution in [0.25, 0.3) is 0 Å². The van der Waals surface area contributed by atoms with Crippen LogP contribution in [0.1, 0.15) is 26.0 Å². The van der Waals surface area contributed by atoms with E-state index in [4.69, 9.17) is 16.7 Å². The van der Waals surface area contributed by atoms with Crippen LogP contribution < -0.4 is 5.32 Å². The largest absolute Gasteiger partial charge is 0.480 e. The Morgan fingerprint density at radius 2 is 2.24 bits per heavy atom. The minimum Gasteiger partial charge on any atom is -0.480 e. The fourth-order valence-corrected chi connectivity index (χ4v) is 1.71. The number of aliphatic carboxylic acids is 1. The van der Waals surface area contributed by atoms with Crippen molar-refractivity contribution in [3.05, 3.63) is 23.0 Å². The molecule has 2 N–H and O–H groups in total. The molecule has 0 amide bonds. The first-order chi connectivity index (χ1) is 7.91. The number of carboxylic acid groups (broad SMARTS) is 1. The molecule has 1 atom stereocenters. The van der Waals surface area contributed by atoms with Crippen molar-refractivity contribution in [2.75, 3.05) is 5.32 Å². The van der Waals surface area contributed by atoms with Crippen LogP contribution in [-0.4, -0.2) is 22.1 Å². The fourth-order valence-electron chi connectivity index (χ4n) is 1.54. The lowest BCUT2D eigenvalue weighted by Crippen LogP contribution is -2.30. The highest BCUT2D eigenvalue weighted by Crippen LogP contribution is 2.25. The predicted molar refractivity (Wildman–Crippen MR) is 68.5 cm³/mol. The molecule has 0 spiro atoms. The molecule has 17 heavy (non-hydrogen) atoms. The molecule has 0 radical (unpaired) electrons. The summed E-state index contributed by atoms with van der Waals surface area (Å²) in [5, 5.41) is 12.5. The van der Waals surface area contributed by atoms with Gasteiger partial charge in [0.15, 0.2) is 0 Å². The van der Waals surface area contributed by atoms with Crippen LogP contribution in [0.15, 0.2) is 12.3 Å². The van der Waals surface area contributed by atoms with Crippen LogP contribution in [0, 0.1) is 12.8 Å². The Bertz CT molecular complexity index is 407. The maximum Gasteiger partial charge on any atom is 0.326 e. The maximum atomic E-state index is 11.1. The third-order valence-corrected chi connectivity index (χ3v) is 2.88. The fraction of sp³-hybridized carbons (Fsp3) is 0.500. The zero-order valence-electron chi connectivity index (χ0n) is 10.2. The molecule has 0 aliphatic heterocycles. The molecule has 0 aromatic carbocycles. The van der Waals surface area contributed by atoms with Gasteiger partial charge in [0, 0.05) is 6.20 Å². The molecule has 0 unspecified atom stereocenters. The lowest BCUT2D eigenvalue weighted by molar-refractivity contribution is -0.138. The minimum atomic E-state index is -0.871. The van der Waals surface area contributed by atoms with Crippen molar-refractivity contribution in [1.29, 1.82) is 0 Å². The highest BCUT2D eigenvalue weighted by molar-refractivity contribution is 6.33. The number of carbonyl (C=O) groups is 1. The molecule has 0 saturated heterocycles. The normalized spacial score (nSPS) is 12.5. The number of nitrogens with zero attached hydrogens (tertiary/aromatic N) is 1. The topological polar surface area (TPSA) is 62.2 Å². The molecule has 1 heterocycles. The van der Waals surface area contributed by atoms with Crippen molar-refractivity contribution in [2.45, 2.75) is 33.2 Å². The third kappa shape index (κ3) is 3.89. The number of halogens is 1. The average molecular weight is 257 g/mol. The van der Waals surface area contributed by atoms with Gasteiger partial charge < -0.3 is 10.4 Å². The number of pyridine rings is 1. The maximum absolute atomic E-state index is 11.1. The van der Waals surface area contributed by atoms with Gasteiger partial charge in [0.2, 0.25) is 0 Å².